The van der Waals surface area contributed by atoms with Gasteiger partial charge in [0.15, 0.2) is 0 Å². The predicted molar refractivity (Wildman–Crippen MR) is 62.2 cm³/mol. The van der Waals surface area contributed by atoms with Crippen LogP contribution in [0.2, 0.25) is 0 Å². The minimum Gasteiger partial charge on any atom is -0.394 e. The molecular weight excluding hydrogens is 276 g/mol. The van der Waals surface area contributed by atoms with Crippen molar-refractivity contribution in [1.29, 1.82) is 0 Å². The van der Waals surface area contributed by atoms with Gasteiger partial charge in [-0.05, 0) is 12.1 Å². The highest BCUT2D eigenvalue weighted by atomic mass is 79.9. The van der Waals surface area contributed by atoms with E-state index in [0.717, 1.165) is 4.47 Å². The average molecular weight is 289 g/mol. The Balaban J connectivity index is 2.30. The van der Waals surface area contributed by atoms with Gasteiger partial charge in [-0.15, -0.1) is 0 Å². The summed E-state index contributed by atoms with van der Waals surface area (Å²) in [7, 11) is 0. The number of halogens is 1. The maximum absolute atomic E-state index is 11.5. The molecule has 16 heavy (non-hydrogen) atoms. The third kappa shape index (κ3) is 4.69. The SMILES string of the molecule is O=C(NCCOCCO)c1cc(Br)ccn1. The van der Waals surface area contributed by atoms with Gasteiger partial charge in [-0.2, -0.15) is 0 Å². The van der Waals surface area contributed by atoms with Crippen LogP contribution in [0.15, 0.2) is 22.8 Å². The van der Waals surface area contributed by atoms with E-state index in [1.54, 1.807) is 18.3 Å². The number of nitrogens with zero attached hydrogens (tertiary/aromatic N) is 1. The van der Waals surface area contributed by atoms with Crippen LogP contribution in [0.1, 0.15) is 10.5 Å². The number of nitrogens with one attached hydrogen (secondary N) is 1. The molecule has 0 aliphatic heterocycles. The molecule has 1 heterocycles. The second kappa shape index (κ2) is 7.32. The molecule has 6 heteroatoms. The summed E-state index contributed by atoms with van der Waals surface area (Å²) in [5.74, 6) is -0.242. The van der Waals surface area contributed by atoms with Crippen LogP contribution in [-0.2, 0) is 4.74 Å². The zero-order valence-corrected chi connectivity index (χ0v) is 10.2. The molecule has 1 rings (SSSR count). The van der Waals surface area contributed by atoms with E-state index in [1.807, 2.05) is 0 Å². The van der Waals surface area contributed by atoms with Crippen LogP contribution in [0.3, 0.4) is 0 Å². The quantitative estimate of drug-likeness (QED) is 0.752. The van der Waals surface area contributed by atoms with E-state index in [9.17, 15) is 4.79 Å². The van der Waals surface area contributed by atoms with Gasteiger partial charge in [0.25, 0.3) is 5.91 Å². The molecule has 0 radical (unpaired) electrons. The van der Waals surface area contributed by atoms with Crippen molar-refractivity contribution < 1.29 is 14.6 Å². The summed E-state index contributed by atoms with van der Waals surface area (Å²) in [6.45, 7) is 1.04. The number of aliphatic hydroxyl groups is 1. The number of hydrogen-bond acceptors (Lipinski definition) is 4. The fourth-order valence-electron chi connectivity index (χ4n) is 1.02. The number of aliphatic hydroxyl groups excluding tert-OH is 1. The molecule has 0 aliphatic rings. The summed E-state index contributed by atoms with van der Waals surface area (Å²) in [6, 6.07) is 3.39. The van der Waals surface area contributed by atoms with E-state index in [0.29, 0.717) is 18.8 Å². The summed E-state index contributed by atoms with van der Waals surface area (Å²) in [4.78, 5) is 15.5. The maximum Gasteiger partial charge on any atom is 0.269 e. The molecule has 88 valence electrons. The zero-order chi connectivity index (χ0) is 11.8. The maximum atomic E-state index is 11.5. The summed E-state index contributed by atoms with van der Waals surface area (Å²) in [5.41, 5.74) is 0.358. The van der Waals surface area contributed by atoms with Crippen molar-refractivity contribution in [3.8, 4) is 0 Å². The first-order valence-electron chi connectivity index (χ1n) is 4.82. The molecule has 0 fully saturated rings. The highest BCUT2D eigenvalue weighted by molar-refractivity contribution is 9.10. The van der Waals surface area contributed by atoms with E-state index in [-0.39, 0.29) is 19.1 Å². The lowest BCUT2D eigenvalue weighted by Crippen LogP contribution is -2.28. The first-order chi connectivity index (χ1) is 7.74. The van der Waals surface area contributed by atoms with E-state index in [2.05, 4.69) is 26.2 Å². The summed E-state index contributed by atoms with van der Waals surface area (Å²) >= 11 is 3.26. The Bertz CT molecular complexity index is 347. The molecule has 1 aromatic rings. The van der Waals surface area contributed by atoms with Crippen LogP contribution in [0.4, 0.5) is 0 Å². The van der Waals surface area contributed by atoms with Crippen LogP contribution in [0.5, 0.6) is 0 Å². The topological polar surface area (TPSA) is 71.5 Å². The second-order valence-electron chi connectivity index (χ2n) is 2.95. The zero-order valence-electron chi connectivity index (χ0n) is 8.65. The number of ether oxygens (including phenoxy) is 1. The highest BCUT2D eigenvalue weighted by Crippen LogP contribution is 2.08. The second-order valence-corrected chi connectivity index (χ2v) is 3.87. The van der Waals surface area contributed by atoms with Gasteiger partial charge in [-0.1, -0.05) is 15.9 Å². The number of amides is 1. The fraction of sp³-hybridized carbons (Fsp3) is 0.400. The Morgan fingerprint density at radius 3 is 3.06 bits per heavy atom. The Hall–Kier alpha value is -0.980. The van der Waals surface area contributed by atoms with Gasteiger partial charge in [-0.3, -0.25) is 9.78 Å². The monoisotopic (exact) mass is 288 g/mol. The van der Waals surface area contributed by atoms with Crippen LogP contribution in [0, 0.1) is 0 Å². The summed E-state index contributed by atoms with van der Waals surface area (Å²) < 4.78 is 5.81. The molecule has 5 nitrogen and oxygen atoms in total. The lowest BCUT2D eigenvalue weighted by atomic mass is 10.3. The van der Waals surface area contributed by atoms with E-state index in [4.69, 9.17) is 9.84 Å². The summed E-state index contributed by atoms with van der Waals surface area (Å²) in [5, 5.41) is 11.1. The van der Waals surface area contributed by atoms with Gasteiger partial charge in [-0.25, -0.2) is 0 Å². The molecule has 1 aromatic heterocycles. The van der Waals surface area contributed by atoms with Gasteiger partial charge < -0.3 is 15.2 Å². The number of pyridine rings is 1. The molecule has 0 bridgehead atoms. The lowest BCUT2D eigenvalue weighted by molar-refractivity contribution is 0.0835. The first-order valence-corrected chi connectivity index (χ1v) is 5.61. The predicted octanol–water partition coefficient (Wildman–Crippen LogP) is 0.583. The number of carbonyl (C=O) groups is 1. The number of hydrogen-bond donors (Lipinski definition) is 2. The molecule has 0 aliphatic carbocycles. The molecule has 0 atom stereocenters. The molecular formula is C10H13BrN2O3. The number of rotatable bonds is 6. The highest BCUT2D eigenvalue weighted by Gasteiger charge is 2.05. The van der Waals surface area contributed by atoms with Gasteiger partial charge >= 0.3 is 0 Å². The van der Waals surface area contributed by atoms with Crippen LogP contribution in [0.25, 0.3) is 0 Å². The van der Waals surface area contributed by atoms with Crippen molar-refractivity contribution >= 4 is 21.8 Å². The van der Waals surface area contributed by atoms with E-state index in [1.165, 1.54) is 0 Å². The third-order valence-corrected chi connectivity index (χ3v) is 2.22. The Morgan fingerprint density at radius 1 is 1.56 bits per heavy atom. The molecule has 0 unspecified atom stereocenters. The van der Waals surface area contributed by atoms with Crippen LogP contribution >= 0.6 is 15.9 Å². The van der Waals surface area contributed by atoms with Gasteiger partial charge in [0.05, 0.1) is 19.8 Å². The van der Waals surface area contributed by atoms with Crippen molar-refractivity contribution in [3.63, 3.8) is 0 Å². The molecule has 2 N–H and O–H groups in total. The smallest absolute Gasteiger partial charge is 0.269 e. The van der Waals surface area contributed by atoms with Crippen molar-refractivity contribution in [2.24, 2.45) is 0 Å². The van der Waals surface area contributed by atoms with Crippen molar-refractivity contribution in [1.82, 2.24) is 10.3 Å². The fourth-order valence-corrected chi connectivity index (χ4v) is 1.36. The summed E-state index contributed by atoms with van der Waals surface area (Å²) in [6.07, 6.45) is 1.56. The minimum absolute atomic E-state index is 0.0128. The van der Waals surface area contributed by atoms with Crippen molar-refractivity contribution in [2.75, 3.05) is 26.4 Å². The molecule has 1 amide bonds. The van der Waals surface area contributed by atoms with Crippen molar-refractivity contribution in [3.05, 3.63) is 28.5 Å². The number of carbonyl (C=O) groups excluding carboxylic acids is 1. The molecule has 0 saturated heterocycles. The van der Waals surface area contributed by atoms with Crippen molar-refractivity contribution in [2.45, 2.75) is 0 Å². The minimum atomic E-state index is -0.242. The number of aromatic nitrogens is 1. The molecule has 0 spiro atoms. The van der Waals surface area contributed by atoms with E-state index < -0.39 is 0 Å². The van der Waals surface area contributed by atoms with Gasteiger partial charge in [0, 0.05) is 17.2 Å². The van der Waals surface area contributed by atoms with Crippen LogP contribution in [-0.4, -0.2) is 42.4 Å². The van der Waals surface area contributed by atoms with Gasteiger partial charge in [0.1, 0.15) is 5.69 Å². The molecule has 0 aromatic carbocycles. The Labute approximate surface area is 102 Å². The lowest BCUT2D eigenvalue weighted by Gasteiger charge is -2.05. The third-order valence-electron chi connectivity index (χ3n) is 1.72. The largest absolute Gasteiger partial charge is 0.394 e. The Kier molecular flexibility index (Phi) is 5.99. The van der Waals surface area contributed by atoms with Gasteiger partial charge in [0.2, 0.25) is 0 Å². The average Bonchev–Trinajstić information content (AvgIpc) is 2.28. The first kappa shape index (κ1) is 13.1. The Morgan fingerprint density at radius 2 is 2.38 bits per heavy atom. The molecule has 0 saturated carbocycles. The van der Waals surface area contributed by atoms with Crippen LogP contribution < -0.4 is 5.32 Å². The standard InChI is InChI=1S/C10H13BrN2O3/c11-8-1-2-12-9(7-8)10(15)13-3-5-16-6-4-14/h1-2,7,14H,3-6H2,(H,13,15). The normalized spacial score (nSPS) is 10.1. The van der Waals surface area contributed by atoms with E-state index >= 15 is 0 Å².